The van der Waals surface area contributed by atoms with Crippen molar-refractivity contribution in [2.75, 3.05) is 21.2 Å². The van der Waals surface area contributed by atoms with Gasteiger partial charge in [-0.2, -0.15) is 0 Å². The van der Waals surface area contributed by atoms with Crippen LogP contribution in [0.5, 0.6) is 0 Å². The highest BCUT2D eigenvalue weighted by Gasteiger charge is 2.24. The van der Waals surface area contributed by atoms with Crippen LogP contribution in [0.3, 0.4) is 0 Å². The van der Waals surface area contributed by atoms with Crippen LogP contribution in [0, 0.1) is 0 Å². The second kappa shape index (κ2) is 4.78. The van der Waals surface area contributed by atoms with Crippen LogP contribution in [-0.4, -0.2) is 38.0 Å². The molecule has 0 bridgehead atoms. The molecule has 94 valence electrons. The van der Waals surface area contributed by atoms with E-state index in [9.17, 15) is 9.59 Å². The lowest BCUT2D eigenvalue weighted by molar-refractivity contribution is 0.0597. The second-order valence-electron chi connectivity index (χ2n) is 3.99. The monoisotopic (exact) mass is 263 g/mol. The number of ether oxygens (including phenoxy) is 1. The van der Waals surface area contributed by atoms with Gasteiger partial charge in [-0.3, -0.25) is 4.79 Å². The SMILES string of the molecule is COC(=O)c1c(C(=O)N(C)C)sc2ccccc12. The minimum Gasteiger partial charge on any atom is -0.465 e. The molecule has 0 aliphatic rings. The maximum absolute atomic E-state index is 12.1. The zero-order chi connectivity index (χ0) is 13.3. The van der Waals surface area contributed by atoms with E-state index in [4.69, 9.17) is 4.74 Å². The van der Waals surface area contributed by atoms with Gasteiger partial charge in [-0.25, -0.2) is 4.79 Å². The molecule has 0 aliphatic carbocycles. The topological polar surface area (TPSA) is 46.6 Å². The average Bonchev–Trinajstić information content (AvgIpc) is 2.75. The number of amides is 1. The lowest BCUT2D eigenvalue weighted by Gasteiger charge is -2.09. The molecule has 1 heterocycles. The van der Waals surface area contributed by atoms with E-state index in [1.54, 1.807) is 14.1 Å². The summed E-state index contributed by atoms with van der Waals surface area (Å²) in [5, 5.41) is 0.763. The summed E-state index contributed by atoms with van der Waals surface area (Å²) in [6.45, 7) is 0. The Balaban J connectivity index is 2.72. The third kappa shape index (κ3) is 1.97. The lowest BCUT2D eigenvalue weighted by atomic mass is 10.1. The summed E-state index contributed by atoms with van der Waals surface area (Å²) < 4.78 is 5.68. The number of thiophene rings is 1. The van der Waals surface area contributed by atoms with Crippen LogP contribution in [-0.2, 0) is 4.74 Å². The predicted molar refractivity (Wildman–Crippen MR) is 71.2 cm³/mol. The van der Waals surface area contributed by atoms with Crippen LogP contribution in [0.4, 0.5) is 0 Å². The van der Waals surface area contributed by atoms with Gasteiger partial charge in [0.1, 0.15) is 4.88 Å². The summed E-state index contributed by atoms with van der Waals surface area (Å²) >= 11 is 1.31. The number of hydrogen-bond donors (Lipinski definition) is 0. The molecule has 1 aromatic carbocycles. The highest BCUT2D eigenvalue weighted by atomic mass is 32.1. The second-order valence-corrected chi connectivity index (χ2v) is 5.05. The Labute approximate surface area is 109 Å². The van der Waals surface area contributed by atoms with Gasteiger partial charge in [0.2, 0.25) is 0 Å². The average molecular weight is 263 g/mol. The maximum atomic E-state index is 12.1. The number of carbonyl (C=O) groups excluding carboxylic acids is 2. The first kappa shape index (κ1) is 12.6. The Bertz CT molecular complexity index is 616. The van der Waals surface area contributed by atoms with Crippen LogP contribution in [0.2, 0.25) is 0 Å². The molecule has 5 heteroatoms. The van der Waals surface area contributed by atoms with E-state index < -0.39 is 5.97 Å². The molecular weight excluding hydrogens is 250 g/mol. The molecule has 0 spiro atoms. The number of esters is 1. The van der Waals surface area contributed by atoms with Crippen LogP contribution in [0.15, 0.2) is 24.3 Å². The molecule has 1 aromatic heterocycles. The van der Waals surface area contributed by atoms with Crippen molar-refractivity contribution in [2.45, 2.75) is 0 Å². The third-order valence-electron chi connectivity index (χ3n) is 2.59. The smallest absolute Gasteiger partial charge is 0.340 e. The van der Waals surface area contributed by atoms with Crippen LogP contribution in [0.1, 0.15) is 20.0 Å². The zero-order valence-electron chi connectivity index (χ0n) is 10.4. The highest BCUT2D eigenvalue weighted by molar-refractivity contribution is 7.21. The fourth-order valence-electron chi connectivity index (χ4n) is 1.70. The molecule has 0 N–H and O–H groups in total. The van der Waals surface area contributed by atoms with Gasteiger partial charge in [0.05, 0.1) is 12.7 Å². The van der Waals surface area contributed by atoms with E-state index in [1.807, 2.05) is 24.3 Å². The predicted octanol–water partition coefficient (Wildman–Crippen LogP) is 2.39. The molecule has 1 amide bonds. The highest BCUT2D eigenvalue weighted by Crippen LogP contribution is 2.32. The quantitative estimate of drug-likeness (QED) is 0.782. The summed E-state index contributed by atoms with van der Waals surface area (Å²) in [5.41, 5.74) is 0.358. The van der Waals surface area contributed by atoms with Crippen molar-refractivity contribution in [1.29, 1.82) is 0 Å². The van der Waals surface area contributed by atoms with Crippen LogP contribution in [0.25, 0.3) is 10.1 Å². The van der Waals surface area contributed by atoms with Crippen molar-refractivity contribution in [1.82, 2.24) is 4.90 Å². The van der Waals surface area contributed by atoms with Crippen molar-refractivity contribution < 1.29 is 14.3 Å². The minimum absolute atomic E-state index is 0.184. The summed E-state index contributed by atoms with van der Waals surface area (Å²) in [6.07, 6.45) is 0. The summed E-state index contributed by atoms with van der Waals surface area (Å²) in [5.74, 6) is -0.658. The van der Waals surface area contributed by atoms with E-state index in [0.717, 1.165) is 10.1 Å². The van der Waals surface area contributed by atoms with E-state index in [0.29, 0.717) is 10.4 Å². The molecular formula is C13H13NO3S. The molecule has 0 aliphatic heterocycles. The van der Waals surface area contributed by atoms with Gasteiger partial charge in [-0.15, -0.1) is 11.3 Å². The summed E-state index contributed by atoms with van der Waals surface area (Å²) in [7, 11) is 4.64. The number of hydrogen-bond acceptors (Lipinski definition) is 4. The van der Waals surface area contributed by atoms with Crippen molar-refractivity contribution in [3.8, 4) is 0 Å². The third-order valence-corrected chi connectivity index (χ3v) is 3.74. The molecule has 0 unspecified atom stereocenters. The Morgan fingerprint density at radius 3 is 2.50 bits per heavy atom. The van der Waals surface area contributed by atoms with Gasteiger partial charge in [0.15, 0.2) is 0 Å². The fraction of sp³-hybridized carbons (Fsp3) is 0.231. The molecule has 2 aromatic rings. The van der Waals surface area contributed by atoms with Crippen LogP contribution >= 0.6 is 11.3 Å². The normalized spacial score (nSPS) is 10.4. The van der Waals surface area contributed by atoms with Gasteiger partial charge in [0.25, 0.3) is 5.91 Å². The van der Waals surface area contributed by atoms with Crippen molar-refractivity contribution >= 4 is 33.3 Å². The Morgan fingerprint density at radius 2 is 1.89 bits per heavy atom. The van der Waals surface area contributed by atoms with Gasteiger partial charge in [-0.1, -0.05) is 18.2 Å². The number of nitrogens with zero attached hydrogens (tertiary/aromatic N) is 1. The standard InChI is InChI=1S/C13H13NO3S/c1-14(2)12(15)11-10(13(16)17-3)8-6-4-5-7-9(8)18-11/h4-7H,1-3H3. The van der Waals surface area contributed by atoms with E-state index in [1.165, 1.54) is 23.3 Å². The van der Waals surface area contributed by atoms with Crippen molar-refractivity contribution in [3.05, 3.63) is 34.7 Å². The Kier molecular flexibility index (Phi) is 3.34. The molecule has 0 saturated heterocycles. The van der Waals surface area contributed by atoms with Gasteiger partial charge >= 0.3 is 5.97 Å². The number of methoxy groups -OCH3 is 1. The lowest BCUT2D eigenvalue weighted by Crippen LogP contribution is -2.22. The molecule has 4 nitrogen and oxygen atoms in total. The fourth-order valence-corrected chi connectivity index (χ4v) is 2.92. The Hall–Kier alpha value is -1.88. The van der Waals surface area contributed by atoms with E-state index >= 15 is 0 Å². The number of benzene rings is 1. The first-order valence-electron chi connectivity index (χ1n) is 5.37. The number of fused-ring (bicyclic) bond motifs is 1. The van der Waals surface area contributed by atoms with Crippen molar-refractivity contribution in [3.63, 3.8) is 0 Å². The molecule has 0 atom stereocenters. The first-order chi connectivity index (χ1) is 8.56. The Morgan fingerprint density at radius 1 is 1.22 bits per heavy atom. The van der Waals surface area contributed by atoms with Gasteiger partial charge < -0.3 is 9.64 Å². The molecule has 0 radical (unpaired) electrons. The largest absolute Gasteiger partial charge is 0.465 e. The molecule has 2 rings (SSSR count). The molecule has 18 heavy (non-hydrogen) atoms. The molecule has 0 fully saturated rings. The van der Waals surface area contributed by atoms with E-state index in [2.05, 4.69) is 0 Å². The van der Waals surface area contributed by atoms with Crippen molar-refractivity contribution in [2.24, 2.45) is 0 Å². The summed E-state index contributed by atoms with van der Waals surface area (Å²) in [6, 6.07) is 7.43. The maximum Gasteiger partial charge on any atom is 0.340 e. The van der Waals surface area contributed by atoms with E-state index in [-0.39, 0.29) is 5.91 Å². The minimum atomic E-state index is -0.474. The number of carbonyl (C=O) groups is 2. The van der Waals surface area contributed by atoms with Crippen LogP contribution < -0.4 is 0 Å². The number of rotatable bonds is 2. The summed E-state index contributed by atoms with van der Waals surface area (Å²) in [4.78, 5) is 25.8. The van der Waals surface area contributed by atoms with Gasteiger partial charge in [-0.05, 0) is 6.07 Å². The first-order valence-corrected chi connectivity index (χ1v) is 6.19. The zero-order valence-corrected chi connectivity index (χ0v) is 11.2. The van der Waals surface area contributed by atoms with Gasteiger partial charge in [0, 0.05) is 24.2 Å². The molecule has 0 saturated carbocycles.